The minimum Gasteiger partial charge on any atom is -0.444 e. The molecule has 7 heteroatoms. The van der Waals surface area contributed by atoms with E-state index in [0.717, 1.165) is 50.0 Å². The van der Waals surface area contributed by atoms with Crippen molar-refractivity contribution in [1.29, 1.82) is 0 Å². The van der Waals surface area contributed by atoms with Gasteiger partial charge in [-0.25, -0.2) is 4.79 Å². The lowest BCUT2D eigenvalue weighted by molar-refractivity contribution is 0.0221. The molecule has 0 bridgehead atoms. The van der Waals surface area contributed by atoms with Gasteiger partial charge in [0.05, 0.1) is 6.54 Å². The molecule has 1 aliphatic heterocycles. The van der Waals surface area contributed by atoms with E-state index >= 15 is 0 Å². The van der Waals surface area contributed by atoms with Crippen molar-refractivity contribution in [2.24, 2.45) is 7.05 Å². The van der Waals surface area contributed by atoms with Gasteiger partial charge in [-0.3, -0.25) is 9.48 Å². The van der Waals surface area contributed by atoms with Crippen LogP contribution in [0.5, 0.6) is 0 Å². The molecule has 2 amide bonds. The Morgan fingerprint density at radius 2 is 1.75 bits per heavy atom. The SMILES string of the molecule is CCCCN(CCCC)C(=O)c1nn(C)c2c1CN(C(=O)OC(C)(C)C)CC2. The van der Waals surface area contributed by atoms with Gasteiger partial charge in [0.15, 0.2) is 5.69 Å². The predicted molar refractivity (Wildman–Crippen MR) is 109 cm³/mol. The first kappa shape index (κ1) is 22.2. The van der Waals surface area contributed by atoms with Crippen LogP contribution in [0.15, 0.2) is 0 Å². The van der Waals surface area contributed by atoms with Gasteiger partial charge in [-0.15, -0.1) is 0 Å². The third-order valence-electron chi connectivity index (χ3n) is 4.95. The molecule has 0 spiro atoms. The summed E-state index contributed by atoms with van der Waals surface area (Å²) in [6.07, 6.45) is 4.39. The quantitative estimate of drug-likeness (QED) is 0.709. The van der Waals surface area contributed by atoms with E-state index in [-0.39, 0.29) is 12.0 Å². The summed E-state index contributed by atoms with van der Waals surface area (Å²) in [5.41, 5.74) is 1.84. The maximum atomic E-state index is 13.3. The highest BCUT2D eigenvalue weighted by Crippen LogP contribution is 2.25. The number of carbonyl (C=O) groups is 2. The molecule has 1 aliphatic rings. The second-order valence-corrected chi connectivity index (χ2v) is 8.55. The third kappa shape index (κ3) is 5.49. The Morgan fingerprint density at radius 1 is 1.14 bits per heavy atom. The number of carbonyl (C=O) groups excluding carboxylic acids is 2. The Balaban J connectivity index is 2.23. The Labute approximate surface area is 169 Å². The molecule has 0 saturated heterocycles. The van der Waals surface area contributed by atoms with Gasteiger partial charge in [0.25, 0.3) is 5.91 Å². The van der Waals surface area contributed by atoms with Crippen LogP contribution in [0.1, 0.15) is 82.0 Å². The smallest absolute Gasteiger partial charge is 0.410 e. The van der Waals surface area contributed by atoms with Crippen molar-refractivity contribution < 1.29 is 14.3 Å². The molecule has 2 heterocycles. The molecule has 28 heavy (non-hydrogen) atoms. The van der Waals surface area contributed by atoms with Gasteiger partial charge in [0.2, 0.25) is 0 Å². The van der Waals surface area contributed by atoms with Gasteiger partial charge in [0, 0.05) is 44.4 Å². The highest BCUT2D eigenvalue weighted by molar-refractivity contribution is 5.94. The number of aromatic nitrogens is 2. The number of nitrogens with zero attached hydrogens (tertiary/aromatic N) is 4. The topological polar surface area (TPSA) is 67.7 Å². The lowest BCUT2D eigenvalue weighted by atomic mass is 10.0. The molecule has 158 valence electrons. The van der Waals surface area contributed by atoms with Gasteiger partial charge < -0.3 is 14.5 Å². The molecular formula is C21H36N4O3. The number of rotatable bonds is 7. The Hall–Kier alpha value is -2.05. The first-order valence-corrected chi connectivity index (χ1v) is 10.5. The third-order valence-corrected chi connectivity index (χ3v) is 4.95. The van der Waals surface area contributed by atoms with Gasteiger partial charge >= 0.3 is 6.09 Å². The largest absolute Gasteiger partial charge is 0.444 e. The average Bonchev–Trinajstić information content (AvgIpc) is 2.96. The first-order valence-electron chi connectivity index (χ1n) is 10.5. The summed E-state index contributed by atoms with van der Waals surface area (Å²) in [7, 11) is 1.88. The minimum atomic E-state index is -0.540. The van der Waals surface area contributed by atoms with Gasteiger partial charge in [0.1, 0.15) is 5.60 Å². The van der Waals surface area contributed by atoms with Gasteiger partial charge in [-0.05, 0) is 33.6 Å². The molecule has 0 saturated carbocycles. The fraction of sp³-hybridized carbons (Fsp3) is 0.762. The molecule has 1 aromatic heterocycles. The summed E-state index contributed by atoms with van der Waals surface area (Å²) < 4.78 is 7.32. The number of ether oxygens (including phenoxy) is 1. The summed E-state index contributed by atoms with van der Waals surface area (Å²) in [6.45, 7) is 12.3. The highest BCUT2D eigenvalue weighted by Gasteiger charge is 2.32. The van der Waals surface area contributed by atoms with Crippen molar-refractivity contribution >= 4 is 12.0 Å². The van der Waals surface area contributed by atoms with E-state index in [9.17, 15) is 9.59 Å². The van der Waals surface area contributed by atoms with Crippen LogP contribution in [0.25, 0.3) is 0 Å². The summed E-state index contributed by atoms with van der Waals surface area (Å²) in [5, 5.41) is 4.54. The summed E-state index contributed by atoms with van der Waals surface area (Å²) in [4.78, 5) is 29.4. The Bertz CT molecular complexity index is 683. The van der Waals surface area contributed by atoms with Crippen LogP contribution in [0.3, 0.4) is 0 Å². The van der Waals surface area contributed by atoms with Gasteiger partial charge in [-0.2, -0.15) is 5.10 Å². The zero-order valence-electron chi connectivity index (χ0n) is 18.4. The molecule has 0 aromatic carbocycles. The lowest BCUT2D eigenvalue weighted by Crippen LogP contribution is -2.41. The van der Waals surface area contributed by atoms with E-state index in [4.69, 9.17) is 4.74 Å². The van der Waals surface area contributed by atoms with Crippen molar-refractivity contribution in [2.75, 3.05) is 19.6 Å². The number of unbranched alkanes of at least 4 members (excludes halogenated alkanes) is 2. The number of hydrogen-bond acceptors (Lipinski definition) is 4. The first-order chi connectivity index (χ1) is 13.2. The monoisotopic (exact) mass is 392 g/mol. The summed E-state index contributed by atoms with van der Waals surface area (Å²) in [5.74, 6) is -0.0233. The molecule has 2 rings (SSSR count). The van der Waals surface area contributed by atoms with Gasteiger partial charge in [-0.1, -0.05) is 26.7 Å². The van der Waals surface area contributed by atoms with E-state index in [1.807, 2.05) is 32.7 Å². The van der Waals surface area contributed by atoms with Crippen molar-refractivity contribution in [3.8, 4) is 0 Å². The molecule has 0 unspecified atom stereocenters. The minimum absolute atomic E-state index is 0.0233. The normalized spacial score (nSPS) is 14.0. The lowest BCUT2D eigenvalue weighted by Gasteiger charge is -2.30. The fourth-order valence-electron chi connectivity index (χ4n) is 3.41. The summed E-state index contributed by atoms with van der Waals surface area (Å²) >= 11 is 0. The van der Waals surface area contributed by atoms with Crippen LogP contribution in [0, 0.1) is 0 Å². The predicted octanol–water partition coefficient (Wildman–Crippen LogP) is 3.76. The van der Waals surface area contributed by atoms with E-state index in [2.05, 4.69) is 18.9 Å². The Kier molecular flexibility index (Phi) is 7.49. The number of hydrogen-bond donors (Lipinski definition) is 0. The van der Waals surface area contributed by atoms with E-state index < -0.39 is 5.60 Å². The van der Waals surface area contributed by atoms with Crippen molar-refractivity contribution in [3.05, 3.63) is 17.0 Å². The molecule has 7 nitrogen and oxygen atoms in total. The molecule has 0 fully saturated rings. The fourth-order valence-corrected chi connectivity index (χ4v) is 3.41. The van der Waals surface area contributed by atoms with Crippen LogP contribution >= 0.6 is 0 Å². The number of amides is 2. The van der Waals surface area contributed by atoms with Crippen LogP contribution in [-0.2, 0) is 24.8 Å². The molecule has 0 radical (unpaired) electrons. The van der Waals surface area contributed by atoms with Crippen LogP contribution in [0.2, 0.25) is 0 Å². The van der Waals surface area contributed by atoms with Crippen molar-refractivity contribution in [2.45, 2.75) is 78.9 Å². The standard InChI is InChI=1S/C21H36N4O3/c1-7-9-12-24(13-10-8-2)19(26)18-16-15-25(20(27)28-21(3,4)5)14-11-17(16)23(6)22-18/h7-15H2,1-6H3. The van der Waals surface area contributed by atoms with E-state index in [1.165, 1.54) is 0 Å². The zero-order valence-corrected chi connectivity index (χ0v) is 18.4. The van der Waals surface area contributed by atoms with Crippen molar-refractivity contribution in [1.82, 2.24) is 19.6 Å². The van der Waals surface area contributed by atoms with E-state index in [1.54, 1.807) is 9.58 Å². The van der Waals surface area contributed by atoms with Crippen LogP contribution in [0.4, 0.5) is 4.79 Å². The molecule has 1 aromatic rings. The van der Waals surface area contributed by atoms with E-state index in [0.29, 0.717) is 25.2 Å². The molecule has 0 atom stereocenters. The number of aryl methyl sites for hydroxylation is 1. The molecule has 0 N–H and O–H groups in total. The van der Waals surface area contributed by atoms with Crippen LogP contribution < -0.4 is 0 Å². The number of fused-ring (bicyclic) bond motifs is 1. The Morgan fingerprint density at radius 3 is 2.29 bits per heavy atom. The zero-order chi connectivity index (χ0) is 20.9. The second-order valence-electron chi connectivity index (χ2n) is 8.55. The van der Waals surface area contributed by atoms with Crippen LogP contribution in [-0.4, -0.2) is 56.8 Å². The maximum absolute atomic E-state index is 13.3. The average molecular weight is 393 g/mol. The maximum Gasteiger partial charge on any atom is 0.410 e. The molecular weight excluding hydrogens is 356 g/mol. The second kappa shape index (κ2) is 9.43. The van der Waals surface area contributed by atoms with Crippen molar-refractivity contribution in [3.63, 3.8) is 0 Å². The summed E-state index contributed by atoms with van der Waals surface area (Å²) in [6, 6.07) is 0. The highest BCUT2D eigenvalue weighted by atomic mass is 16.6. The molecule has 0 aliphatic carbocycles.